The second-order valence-electron chi connectivity index (χ2n) is 5.75. The summed E-state index contributed by atoms with van der Waals surface area (Å²) in [6, 6.07) is 0.220. The molecule has 122 valence electrons. The number of nitrogens with zero attached hydrogens (tertiary/aromatic N) is 3. The highest BCUT2D eigenvalue weighted by Gasteiger charge is 2.21. The van der Waals surface area contributed by atoms with Gasteiger partial charge < -0.3 is 15.0 Å². The van der Waals surface area contributed by atoms with Gasteiger partial charge in [-0.15, -0.1) is 0 Å². The molecule has 0 aromatic carbocycles. The van der Waals surface area contributed by atoms with Gasteiger partial charge in [0.25, 0.3) is 0 Å². The maximum atomic E-state index is 9.96. The van der Waals surface area contributed by atoms with Gasteiger partial charge in [0.1, 0.15) is 5.52 Å². The highest BCUT2D eigenvalue weighted by atomic mass is 35.5. The van der Waals surface area contributed by atoms with Gasteiger partial charge in [-0.1, -0.05) is 19.0 Å². The van der Waals surface area contributed by atoms with E-state index in [4.69, 9.17) is 11.6 Å². The third-order valence-corrected chi connectivity index (χ3v) is 4.67. The Morgan fingerprint density at radius 3 is 3.05 bits per heavy atom. The van der Waals surface area contributed by atoms with E-state index in [0.717, 1.165) is 55.5 Å². The molecule has 6 heteroatoms. The number of fused-ring (bicyclic) bond motifs is 1. The Hall–Kier alpha value is -1.17. The number of hydrogen-bond donors (Lipinski definition) is 2. The third-order valence-electron chi connectivity index (χ3n) is 4.29. The van der Waals surface area contributed by atoms with Crippen LogP contribution in [0.2, 0.25) is 5.02 Å². The van der Waals surface area contributed by atoms with Crippen LogP contribution in [0.15, 0.2) is 12.5 Å². The molecule has 0 spiro atoms. The number of aliphatic hydroxyl groups excluding tert-OH is 1. The number of imidazole rings is 1. The summed E-state index contributed by atoms with van der Waals surface area (Å²) in [5.74, 6) is 0. The molecule has 3 heterocycles. The molecule has 2 N–H and O–H groups in total. The van der Waals surface area contributed by atoms with E-state index in [0.29, 0.717) is 5.02 Å². The quantitative estimate of drug-likeness (QED) is 0.907. The number of aryl methyl sites for hydroxylation is 2. The van der Waals surface area contributed by atoms with Gasteiger partial charge in [-0.2, -0.15) is 0 Å². The van der Waals surface area contributed by atoms with Crippen molar-refractivity contribution in [2.75, 3.05) is 6.54 Å². The number of rotatable bonds is 4. The Labute approximate surface area is 136 Å². The van der Waals surface area contributed by atoms with Crippen LogP contribution < -0.4 is 5.32 Å². The summed E-state index contributed by atoms with van der Waals surface area (Å²) in [6.07, 6.45) is 7.23. The molecule has 3 rings (SSSR count). The van der Waals surface area contributed by atoms with Crippen LogP contribution in [0.25, 0.3) is 11.2 Å². The van der Waals surface area contributed by atoms with Crippen LogP contribution in [0.1, 0.15) is 38.7 Å². The normalized spacial score (nSPS) is 21.8. The predicted molar refractivity (Wildman–Crippen MR) is 90.3 cm³/mol. The molecule has 0 amide bonds. The van der Waals surface area contributed by atoms with Crippen molar-refractivity contribution in [3.05, 3.63) is 23.1 Å². The van der Waals surface area contributed by atoms with Crippen LogP contribution in [-0.4, -0.2) is 38.3 Å². The summed E-state index contributed by atoms with van der Waals surface area (Å²) >= 11 is 6.07. The van der Waals surface area contributed by atoms with Gasteiger partial charge in [-0.25, -0.2) is 9.97 Å². The molecule has 0 aliphatic carbocycles. The van der Waals surface area contributed by atoms with Gasteiger partial charge in [-0.3, -0.25) is 0 Å². The molecule has 2 aromatic rings. The summed E-state index contributed by atoms with van der Waals surface area (Å²) in [4.78, 5) is 8.80. The zero-order chi connectivity index (χ0) is 14.8. The maximum absolute atomic E-state index is 9.96. The molecule has 2 aromatic heterocycles. The van der Waals surface area contributed by atoms with E-state index in [2.05, 4.69) is 19.9 Å². The van der Waals surface area contributed by atoms with Crippen LogP contribution in [0.4, 0.5) is 0 Å². The highest BCUT2D eigenvalue weighted by molar-refractivity contribution is 6.31. The van der Waals surface area contributed by atoms with E-state index in [1.807, 2.05) is 13.3 Å². The van der Waals surface area contributed by atoms with Crippen molar-refractivity contribution in [3.8, 4) is 0 Å². The van der Waals surface area contributed by atoms with Crippen molar-refractivity contribution >= 4 is 22.8 Å². The fraction of sp³-hybridized carbons (Fsp3) is 0.625. The Bertz CT molecular complexity index is 628. The van der Waals surface area contributed by atoms with Crippen molar-refractivity contribution in [1.82, 2.24) is 19.9 Å². The minimum absolute atomic E-state index is 0. The molecule has 1 fully saturated rings. The minimum atomic E-state index is -0.211. The van der Waals surface area contributed by atoms with Crippen molar-refractivity contribution in [3.63, 3.8) is 0 Å². The first-order valence-corrected chi connectivity index (χ1v) is 7.92. The molecule has 1 aliphatic rings. The van der Waals surface area contributed by atoms with Crippen molar-refractivity contribution < 1.29 is 5.11 Å². The average Bonchev–Trinajstić information content (AvgIpc) is 2.89. The monoisotopic (exact) mass is 324 g/mol. The lowest BCUT2D eigenvalue weighted by molar-refractivity contribution is 0.0909. The standard InChI is InChI=1S/C15H21ClN4O.CH4/c1-10-11(16)8-18-15-14(10)19-9-20(15)7-3-4-12-13(21)5-2-6-17-12;/h8-9,12-13,17,21H,2-7H2,1H3;1H4/t12-,13+;/m1./s1. The van der Waals surface area contributed by atoms with Crippen molar-refractivity contribution in [2.45, 2.75) is 58.7 Å². The van der Waals surface area contributed by atoms with Gasteiger partial charge in [0.05, 0.1) is 17.5 Å². The Kier molecular flexibility index (Phi) is 5.78. The molecule has 1 saturated heterocycles. The number of pyridine rings is 1. The molecule has 2 atom stereocenters. The summed E-state index contributed by atoms with van der Waals surface area (Å²) < 4.78 is 2.06. The lowest BCUT2D eigenvalue weighted by Crippen LogP contribution is -2.44. The summed E-state index contributed by atoms with van der Waals surface area (Å²) in [5.41, 5.74) is 2.73. The zero-order valence-electron chi connectivity index (χ0n) is 12.2. The smallest absolute Gasteiger partial charge is 0.160 e. The SMILES string of the molecule is C.Cc1c(Cl)cnc2c1ncn2CCC[C@H]1NCCC[C@@H]1O. The molecule has 22 heavy (non-hydrogen) atoms. The Morgan fingerprint density at radius 2 is 2.27 bits per heavy atom. The number of piperidine rings is 1. The van der Waals surface area contributed by atoms with Crippen LogP contribution in [-0.2, 0) is 6.54 Å². The molecule has 0 bridgehead atoms. The molecule has 1 aliphatic heterocycles. The molecule has 0 radical (unpaired) electrons. The summed E-state index contributed by atoms with van der Waals surface area (Å²) in [5, 5.41) is 14.0. The Balaban J connectivity index is 0.00000176. The third kappa shape index (κ3) is 3.42. The number of nitrogens with one attached hydrogen (secondary N) is 1. The van der Waals surface area contributed by atoms with Gasteiger partial charge in [-0.05, 0) is 44.7 Å². The van der Waals surface area contributed by atoms with E-state index in [9.17, 15) is 5.11 Å². The average molecular weight is 325 g/mol. The second kappa shape index (κ2) is 7.40. The number of halogens is 1. The van der Waals surface area contributed by atoms with E-state index < -0.39 is 0 Å². The van der Waals surface area contributed by atoms with E-state index >= 15 is 0 Å². The fourth-order valence-corrected chi connectivity index (χ4v) is 3.12. The summed E-state index contributed by atoms with van der Waals surface area (Å²) in [6.45, 7) is 3.83. The largest absolute Gasteiger partial charge is 0.392 e. The predicted octanol–water partition coefficient (Wildman–Crippen LogP) is 2.92. The maximum Gasteiger partial charge on any atom is 0.160 e. The lowest BCUT2D eigenvalue weighted by Gasteiger charge is -2.28. The molecular weight excluding hydrogens is 300 g/mol. The topological polar surface area (TPSA) is 63.0 Å². The molecule has 0 saturated carbocycles. The van der Waals surface area contributed by atoms with E-state index in [1.54, 1.807) is 6.20 Å². The fourth-order valence-electron chi connectivity index (χ4n) is 2.98. The molecule has 5 nitrogen and oxygen atoms in total. The number of hydrogen-bond acceptors (Lipinski definition) is 4. The number of aromatic nitrogens is 3. The highest BCUT2D eigenvalue weighted by Crippen LogP contribution is 2.22. The van der Waals surface area contributed by atoms with Gasteiger partial charge in [0.15, 0.2) is 5.65 Å². The van der Waals surface area contributed by atoms with Gasteiger partial charge in [0, 0.05) is 18.8 Å². The molecule has 0 unspecified atom stereocenters. The van der Waals surface area contributed by atoms with Gasteiger partial charge in [0.2, 0.25) is 0 Å². The van der Waals surface area contributed by atoms with Crippen LogP contribution in [0.5, 0.6) is 0 Å². The van der Waals surface area contributed by atoms with Crippen LogP contribution in [0.3, 0.4) is 0 Å². The van der Waals surface area contributed by atoms with Crippen LogP contribution in [0, 0.1) is 6.92 Å². The van der Waals surface area contributed by atoms with Gasteiger partial charge >= 0.3 is 0 Å². The van der Waals surface area contributed by atoms with E-state index in [1.165, 1.54) is 0 Å². The van der Waals surface area contributed by atoms with Crippen LogP contribution >= 0.6 is 11.6 Å². The first-order valence-electron chi connectivity index (χ1n) is 7.54. The first kappa shape index (κ1) is 17.2. The second-order valence-corrected chi connectivity index (χ2v) is 6.16. The van der Waals surface area contributed by atoms with Crippen molar-refractivity contribution in [2.24, 2.45) is 0 Å². The summed E-state index contributed by atoms with van der Waals surface area (Å²) in [7, 11) is 0. The minimum Gasteiger partial charge on any atom is -0.392 e. The zero-order valence-corrected chi connectivity index (χ0v) is 13.0. The first-order chi connectivity index (χ1) is 10.2. The van der Waals surface area contributed by atoms with Crippen molar-refractivity contribution in [1.29, 1.82) is 0 Å². The lowest BCUT2D eigenvalue weighted by atomic mass is 9.97. The Morgan fingerprint density at radius 1 is 1.45 bits per heavy atom. The molecular formula is C16H25ClN4O. The van der Waals surface area contributed by atoms with E-state index in [-0.39, 0.29) is 19.6 Å². The number of aliphatic hydroxyl groups is 1.